The zero-order valence-corrected chi connectivity index (χ0v) is 13.3. The zero-order chi connectivity index (χ0) is 14.1. The van der Waals surface area contributed by atoms with Gasteiger partial charge in [0, 0.05) is 4.83 Å². The Hall–Kier alpha value is -0.860. The fraction of sp³-hybridized carbons (Fsp3) is 0.294. The lowest BCUT2D eigenvalue weighted by Crippen LogP contribution is -2.19. The van der Waals surface area contributed by atoms with Gasteiger partial charge in [-0.1, -0.05) is 63.9 Å². The maximum absolute atomic E-state index is 14.0. The fourth-order valence-corrected chi connectivity index (χ4v) is 4.06. The molecule has 2 aromatic carbocycles. The highest BCUT2D eigenvalue weighted by Crippen LogP contribution is 2.42. The molecule has 3 heteroatoms. The van der Waals surface area contributed by atoms with E-state index in [0.717, 1.165) is 19.3 Å². The van der Waals surface area contributed by atoms with E-state index in [-0.39, 0.29) is 15.7 Å². The Kier molecular flexibility index (Phi) is 4.13. The monoisotopic (exact) mass is 352 g/mol. The van der Waals surface area contributed by atoms with Gasteiger partial charge >= 0.3 is 0 Å². The third kappa shape index (κ3) is 2.64. The van der Waals surface area contributed by atoms with Gasteiger partial charge in [0.15, 0.2) is 0 Å². The lowest BCUT2D eigenvalue weighted by atomic mass is 9.80. The van der Waals surface area contributed by atoms with E-state index >= 15 is 0 Å². The van der Waals surface area contributed by atoms with E-state index in [4.69, 9.17) is 11.6 Å². The van der Waals surface area contributed by atoms with Crippen LogP contribution in [0.1, 0.15) is 27.9 Å². The van der Waals surface area contributed by atoms with Crippen LogP contribution in [-0.4, -0.2) is 0 Å². The first-order valence-corrected chi connectivity index (χ1v) is 8.11. The largest absolute Gasteiger partial charge is 0.205 e. The Morgan fingerprint density at radius 3 is 2.80 bits per heavy atom. The highest BCUT2D eigenvalue weighted by atomic mass is 79.9. The van der Waals surface area contributed by atoms with Gasteiger partial charge in [-0.25, -0.2) is 4.39 Å². The minimum Gasteiger partial charge on any atom is -0.205 e. The topological polar surface area (TPSA) is 0 Å². The van der Waals surface area contributed by atoms with Crippen LogP contribution in [0.4, 0.5) is 4.39 Å². The van der Waals surface area contributed by atoms with Crippen LogP contribution in [0.25, 0.3) is 0 Å². The molecular weight excluding hydrogens is 339 g/mol. The van der Waals surface area contributed by atoms with Gasteiger partial charge in [-0.05, 0) is 47.9 Å². The van der Waals surface area contributed by atoms with E-state index in [1.165, 1.54) is 11.1 Å². The summed E-state index contributed by atoms with van der Waals surface area (Å²) in [5, 5.41) is 0.213. The molecule has 2 aromatic rings. The quantitative estimate of drug-likeness (QED) is 0.606. The van der Waals surface area contributed by atoms with Crippen LogP contribution < -0.4 is 0 Å². The van der Waals surface area contributed by atoms with Crippen molar-refractivity contribution in [1.82, 2.24) is 0 Å². The molecule has 2 atom stereocenters. The van der Waals surface area contributed by atoms with Crippen molar-refractivity contribution in [3.05, 3.63) is 70.0 Å². The molecule has 0 radical (unpaired) electrons. The first-order chi connectivity index (χ1) is 9.66. The maximum atomic E-state index is 14.0. The van der Waals surface area contributed by atoms with Gasteiger partial charge in [0.2, 0.25) is 0 Å². The van der Waals surface area contributed by atoms with Crippen LogP contribution in [0, 0.1) is 11.7 Å². The predicted octanol–water partition coefficient (Wildman–Crippen LogP) is 5.72. The number of benzene rings is 2. The summed E-state index contributed by atoms with van der Waals surface area (Å²) in [6.07, 6.45) is 2.85. The average molecular weight is 354 g/mol. The van der Waals surface area contributed by atoms with E-state index < -0.39 is 0 Å². The zero-order valence-electron chi connectivity index (χ0n) is 11.0. The molecule has 104 valence electrons. The molecule has 0 aromatic heterocycles. The van der Waals surface area contributed by atoms with Crippen molar-refractivity contribution in [3.8, 4) is 0 Å². The Morgan fingerprint density at radius 1 is 1.15 bits per heavy atom. The first kappa shape index (κ1) is 14.1. The van der Waals surface area contributed by atoms with Gasteiger partial charge in [-0.2, -0.15) is 0 Å². The predicted molar refractivity (Wildman–Crippen MR) is 85.0 cm³/mol. The van der Waals surface area contributed by atoms with Crippen LogP contribution in [0.15, 0.2) is 42.5 Å². The van der Waals surface area contributed by atoms with Crippen LogP contribution in [0.2, 0.25) is 5.02 Å². The third-order valence-electron chi connectivity index (χ3n) is 4.06. The van der Waals surface area contributed by atoms with Gasteiger partial charge in [0.25, 0.3) is 0 Å². The Balaban J connectivity index is 1.85. The van der Waals surface area contributed by atoms with Gasteiger partial charge < -0.3 is 0 Å². The van der Waals surface area contributed by atoms with Gasteiger partial charge in [0.1, 0.15) is 5.82 Å². The molecule has 0 nitrogen and oxygen atoms in total. The van der Waals surface area contributed by atoms with Crippen LogP contribution >= 0.6 is 27.5 Å². The van der Waals surface area contributed by atoms with Crippen molar-refractivity contribution in [3.63, 3.8) is 0 Å². The highest BCUT2D eigenvalue weighted by molar-refractivity contribution is 9.09. The molecule has 0 saturated carbocycles. The number of rotatable bonds is 2. The minimum absolute atomic E-state index is 0.213. The number of alkyl halides is 1. The van der Waals surface area contributed by atoms with E-state index in [9.17, 15) is 4.39 Å². The first-order valence-electron chi connectivity index (χ1n) is 6.81. The highest BCUT2D eigenvalue weighted by Gasteiger charge is 2.28. The van der Waals surface area contributed by atoms with Gasteiger partial charge in [0.05, 0.1) is 5.02 Å². The summed E-state index contributed by atoms with van der Waals surface area (Å²) in [4.78, 5) is 0.283. The molecule has 0 spiro atoms. The standard InChI is InChI=1S/C17H15BrClF/c18-16-12(9-8-11-4-1-2-6-14(11)16)10-13-5-3-7-15(19)17(13)20/h1-7,12,16H,8-10H2. The molecule has 0 amide bonds. The smallest absolute Gasteiger partial charge is 0.144 e. The van der Waals surface area contributed by atoms with Crippen molar-refractivity contribution in [1.29, 1.82) is 0 Å². The van der Waals surface area contributed by atoms with Gasteiger partial charge in [-0.3, -0.25) is 0 Å². The Labute approximate surface area is 132 Å². The second-order valence-electron chi connectivity index (χ2n) is 5.32. The molecule has 0 heterocycles. The van der Waals surface area contributed by atoms with E-state index in [1.54, 1.807) is 6.07 Å². The molecule has 0 saturated heterocycles. The summed E-state index contributed by atoms with van der Waals surface area (Å²) in [6.45, 7) is 0. The second kappa shape index (κ2) is 5.87. The molecule has 1 aliphatic rings. The lowest BCUT2D eigenvalue weighted by molar-refractivity contribution is 0.443. The van der Waals surface area contributed by atoms with Crippen molar-refractivity contribution < 1.29 is 4.39 Å². The number of fused-ring (bicyclic) bond motifs is 1. The van der Waals surface area contributed by atoms with Crippen molar-refractivity contribution in [2.75, 3.05) is 0 Å². The molecule has 0 N–H and O–H groups in total. The summed E-state index contributed by atoms with van der Waals surface area (Å²) >= 11 is 9.66. The fourth-order valence-electron chi connectivity index (χ4n) is 2.97. The van der Waals surface area contributed by atoms with Crippen molar-refractivity contribution in [2.45, 2.75) is 24.1 Å². The molecule has 0 aliphatic heterocycles. The molecule has 0 fully saturated rings. The summed E-state index contributed by atoms with van der Waals surface area (Å²) in [5.74, 6) is 0.130. The Bertz CT molecular complexity index is 626. The van der Waals surface area contributed by atoms with Crippen LogP contribution in [0.5, 0.6) is 0 Å². The minimum atomic E-state index is -0.271. The Morgan fingerprint density at radius 2 is 1.95 bits per heavy atom. The average Bonchev–Trinajstić information content (AvgIpc) is 2.47. The molecule has 2 unspecified atom stereocenters. The summed E-state index contributed by atoms with van der Waals surface area (Å²) in [6, 6.07) is 13.7. The van der Waals surface area contributed by atoms with E-state index in [1.807, 2.05) is 12.1 Å². The van der Waals surface area contributed by atoms with E-state index in [0.29, 0.717) is 11.5 Å². The molecule has 1 aliphatic carbocycles. The molecule has 3 rings (SSSR count). The SMILES string of the molecule is Fc1c(Cl)cccc1CC1CCc2ccccc2C1Br. The second-order valence-corrected chi connectivity index (χ2v) is 6.71. The maximum Gasteiger partial charge on any atom is 0.144 e. The summed E-state index contributed by atoms with van der Waals surface area (Å²) in [5.41, 5.74) is 3.45. The van der Waals surface area contributed by atoms with Crippen LogP contribution in [0.3, 0.4) is 0 Å². The third-order valence-corrected chi connectivity index (χ3v) is 5.60. The van der Waals surface area contributed by atoms with Crippen molar-refractivity contribution in [2.24, 2.45) is 5.92 Å². The van der Waals surface area contributed by atoms with Gasteiger partial charge in [-0.15, -0.1) is 0 Å². The number of halogens is 3. The normalized spacial score (nSPS) is 21.6. The summed E-state index contributed by atoms with van der Waals surface area (Å²) in [7, 11) is 0. The lowest BCUT2D eigenvalue weighted by Gasteiger charge is -2.30. The number of hydrogen-bond donors (Lipinski definition) is 0. The van der Waals surface area contributed by atoms with Crippen molar-refractivity contribution >= 4 is 27.5 Å². The molecular formula is C17H15BrClF. The number of hydrogen-bond acceptors (Lipinski definition) is 0. The molecule has 20 heavy (non-hydrogen) atoms. The summed E-state index contributed by atoms with van der Waals surface area (Å²) < 4.78 is 14.0. The molecule has 0 bridgehead atoms. The van der Waals surface area contributed by atoms with E-state index in [2.05, 4.69) is 40.2 Å². The number of aryl methyl sites for hydroxylation is 1. The van der Waals surface area contributed by atoms with Crippen LogP contribution in [-0.2, 0) is 12.8 Å².